The monoisotopic (exact) mass is 227 g/mol. The molecule has 0 saturated carbocycles. The van der Waals surface area contributed by atoms with Crippen LogP contribution in [0.15, 0.2) is 24.3 Å². The summed E-state index contributed by atoms with van der Waals surface area (Å²) in [5.74, 6) is -0.389. The lowest BCUT2D eigenvalue weighted by molar-refractivity contribution is 0.00333. The molecule has 3 N–H and O–H groups in total. The van der Waals surface area contributed by atoms with Gasteiger partial charge < -0.3 is 15.6 Å². The van der Waals surface area contributed by atoms with E-state index in [4.69, 9.17) is 10.5 Å². The number of nitrogens with two attached hydrogens (primary N) is 1. The van der Waals surface area contributed by atoms with Crippen LogP contribution in [0.5, 0.6) is 0 Å². The summed E-state index contributed by atoms with van der Waals surface area (Å²) in [6.07, 6.45) is -2.24. The van der Waals surface area contributed by atoms with Gasteiger partial charge in [-0.05, 0) is 24.1 Å². The molecule has 88 valence electrons. The van der Waals surface area contributed by atoms with Gasteiger partial charge in [0.25, 0.3) is 0 Å². The maximum absolute atomic E-state index is 12.7. The highest BCUT2D eigenvalue weighted by Gasteiger charge is 2.22. The fourth-order valence-electron chi connectivity index (χ4n) is 1.39. The van der Waals surface area contributed by atoms with Crippen LogP contribution in [0.2, 0.25) is 0 Å². The number of rotatable bonds is 4. The van der Waals surface area contributed by atoms with Crippen LogP contribution in [0.25, 0.3) is 0 Å². The summed E-state index contributed by atoms with van der Waals surface area (Å²) in [7, 11) is 0. The maximum Gasteiger partial charge on any atom is 0.404 e. The van der Waals surface area contributed by atoms with Crippen molar-refractivity contribution in [2.45, 2.75) is 25.6 Å². The molecule has 1 rings (SSSR count). The minimum absolute atomic E-state index is 0.389. The molecule has 0 fully saturated rings. The summed E-state index contributed by atoms with van der Waals surface area (Å²) in [6, 6.07) is 5.34. The molecule has 1 aromatic rings. The third-order valence-electron chi connectivity index (χ3n) is 2.23. The average Bonchev–Trinajstić information content (AvgIpc) is 2.25. The second kappa shape index (κ2) is 5.46. The Balaban J connectivity index is 2.78. The molecule has 0 aromatic heterocycles. The van der Waals surface area contributed by atoms with Crippen LogP contribution in [-0.4, -0.2) is 17.3 Å². The number of primary amides is 1. The molecule has 1 aromatic carbocycles. The lowest BCUT2D eigenvalue weighted by Crippen LogP contribution is -2.27. The molecule has 0 aliphatic rings. The fraction of sp³-hybridized carbons (Fsp3) is 0.364. The summed E-state index contributed by atoms with van der Waals surface area (Å²) < 4.78 is 17.4. The molecule has 0 aliphatic heterocycles. The molecule has 2 atom stereocenters. The number of aliphatic hydroxyl groups excluding tert-OH is 1. The number of benzene rings is 1. The first kappa shape index (κ1) is 12.4. The summed E-state index contributed by atoms with van der Waals surface area (Å²) in [5.41, 5.74) is 5.36. The van der Waals surface area contributed by atoms with E-state index in [2.05, 4.69) is 0 Å². The van der Waals surface area contributed by atoms with E-state index in [0.29, 0.717) is 12.0 Å². The van der Waals surface area contributed by atoms with Crippen LogP contribution in [0.4, 0.5) is 9.18 Å². The molecule has 0 radical (unpaired) electrons. The number of hydrogen-bond donors (Lipinski definition) is 2. The first-order chi connectivity index (χ1) is 7.54. The van der Waals surface area contributed by atoms with Gasteiger partial charge >= 0.3 is 6.09 Å². The van der Waals surface area contributed by atoms with Gasteiger partial charge in [0.1, 0.15) is 18.0 Å². The van der Waals surface area contributed by atoms with Gasteiger partial charge in [0.2, 0.25) is 0 Å². The molecular weight excluding hydrogens is 213 g/mol. The first-order valence-corrected chi connectivity index (χ1v) is 4.94. The van der Waals surface area contributed by atoms with Crippen LogP contribution in [-0.2, 0) is 4.74 Å². The van der Waals surface area contributed by atoms with Crippen LogP contribution in [0.3, 0.4) is 0 Å². The third-order valence-corrected chi connectivity index (χ3v) is 2.23. The Hall–Kier alpha value is -1.62. The Morgan fingerprint density at radius 2 is 2.06 bits per heavy atom. The molecule has 0 saturated heterocycles. The zero-order chi connectivity index (χ0) is 12.1. The van der Waals surface area contributed by atoms with Crippen molar-refractivity contribution in [2.75, 3.05) is 0 Å². The molecule has 0 bridgehead atoms. The standard InChI is InChI=1S/C11H14FNO3/c1-2-9(16-11(13)15)10(14)7-3-5-8(12)6-4-7/h3-6,9-10,14H,2H2,1H3,(H2,13,15)/t9-,10-/m0/s1. The summed E-state index contributed by atoms with van der Waals surface area (Å²) >= 11 is 0. The minimum Gasteiger partial charge on any atom is -0.443 e. The third kappa shape index (κ3) is 3.20. The highest BCUT2D eigenvalue weighted by molar-refractivity contribution is 5.64. The predicted molar refractivity (Wildman–Crippen MR) is 56.1 cm³/mol. The number of ether oxygens (including phenoxy) is 1. The van der Waals surface area contributed by atoms with E-state index < -0.39 is 18.3 Å². The van der Waals surface area contributed by atoms with Crippen molar-refractivity contribution < 1.29 is 19.0 Å². The van der Waals surface area contributed by atoms with E-state index >= 15 is 0 Å². The molecule has 0 unspecified atom stereocenters. The molecule has 0 aliphatic carbocycles. The number of amides is 1. The van der Waals surface area contributed by atoms with Gasteiger partial charge in [-0.3, -0.25) is 0 Å². The van der Waals surface area contributed by atoms with Crippen LogP contribution in [0.1, 0.15) is 25.0 Å². The van der Waals surface area contributed by atoms with Crippen molar-refractivity contribution in [1.82, 2.24) is 0 Å². The van der Waals surface area contributed by atoms with Crippen LogP contribution in [0, 0.1) is 5.82 Å². The number of aliphatic hydroxyl groups is 1. The number of carbonyl (C=O) groups excluding carboxylic acids is 1. The Morgan fingerprint density at radius 1 is 1.50 bits per heavy atom. The lowest BCUT2D eigenvalue weighted by atomic mass is 10.0. The molecule has 5 heteroatoms. The van der Waals surface area contributed by atoms with E-state index in [1.54, 1.807) is 6.92 Å². The van der Waals surface area contributed by atoms with Crippen molar-refractivity contribution in [1.29, 1.82) is 0 Å². The number of carbonyl (C=O) groups is 1. The second-order valence-electron chi connectivity index (χ2n) is 3.38. The topological polar surface area (TPSA) is 72.5 Å². The average molecular weight is 227 g/mol. The summed E-state index contributed by atoms with van der Waals surface area (Å²) in [5, 5.41) is 9.86. The van der Waals surface area contributed by atoms with Gasteiger partial charge in [-0.15, -0.1) is 0 Å². The van der Waals surface area contributed by atoms with E-state index in [0.717, 1.165) is 0 Å². The summed E-state index contributed by atoms with van der Waals surface area (Å²) in [4.78, 5) is 10.6. The maximum atomic E-state index is 12.7. The van der Waals surface area contributed by atoms with Gasteiger partial charge in [0, 0.05) is 0 Å². The molecular formula is C11H14FNO3. The van der Waals surface area contributed by atoms with Gasteiger partial charge in [0.15, 0.2) is 0 Å². The Bertz CT molecular complexity index is 353. The molecule has 1 amide bonds. The van der Waals surface area contributed by atoms with Gasteiger partial charge in [0.05, 0.1) is 0 Å². The zero-order valence-electron chi connectivity index (χ0n) is 8.89. The normalized spacial score (nSPS) is 14.2. The first-order valence-electron chi connectivity index (χ1n) is 4.94. The SMILES string of the molecule is CC[C@H](OC(N)=O)[C@@H](O)c1ccc(F)cc1. The second-order valence-corrected chi connectivity index (χ2v) is 3.38. The quantitative estimate of drug-likeness (QED) is 0.822. The Labute approximate surface area is 92.8 Å². The van der Waals surface area contributed by atoms with Crippen molar-refractivity contribution in [3.63, 3.8) is 0 Å². The van der Waals surface area contributed by atoms with Crippen LogP contribution < -0.4 is 5.73 Å². The van der Waals surface area contributed by atoms with Gasteiger partial charge in [-0.1, -0.05) is 19.1 Å². The molecule has 0 spiro atoms. The molecule has 4 nitrogen and oxygen atoms in total. The lowest BCUT2D eigenvalue weighted by Gasteiger charge is -2.21. The van der Waals surface area contributed by atoms with Crippen molar-refractivity contribution in [3.8, 4) is 0 Å². The van der Waals surface area contributed by atoms with E-state index in [-0.39, 0.29) is 5.82 Å². The summed E-state index contributed by atoms with van der Waals surface area (Å²) in [6.45, 7) is 1.75. The highest BCUT2D eigenvalue weighted by Crippen LogP contribution is 2.21. The van der Waals surface area contributed by atoms with E-state index in [1.807, 2.05) is 0 Å². The fourth-order valence-corrected chi connectivity index (χ4v) is 1.39. The smallest absolute Gasteiger partial charge is 0.404 e. The predicted octanol–water partition coefficient (Wildman–Crippen LogP) is 1.73. The van der Waals surface area contributed by atoms with Crippen molar-refractivity contribution in [2.24, 2.45) is 5.73 Å². The molecule has 16 heavy (non-hydrogen) atoms. The largest absolute Gasteiger partial charge is 0.443 e. The van der Waals surface area contributed by atoms with Gasteiger partial charge in [-0.2, -0.15) is 0 Å². The number of halogens is 1. The molecule has 0 heterocycles. The van der Waals surface area contributed by atoms with Gasteiger partial charge in [-0.25, -0.2) is 9.18 Å². The zero-order valence-corrected chi connectivity index (χ0v) is 8.89. The Morgan fingerprint density at radius 3 is 2.50 bits per heavy atom. The van der Waals surface area contributed by atoms with E-state index in [9.17, 15) is 14.3 Å². The van der Waals surface area contributed by atoms with Crippen molar-refractivity contribution in [3.05, 3.63) is 35.6 Å². The minimum atomic E-state index is -1.00. The van der Waals surface area contributed by atoms with E-state index in [1.165, 1.54) is 24.3 Å². The van der Waals surface area contributed by atoms with Crippen molar-refractivity contribution >= 4 is 6.09 Å². The van der Waals surface area contributed by atoms with Crippen LogP contribution >= 0.6 is 0 Å². The highest BCUT2D eigenvalue weighted by atomic mass is 19.1. The Kier molecular flexibility index (Phi) is 4.25. The number of hydrogen-bond acceptors (Lipinski definition) is 3.